The number of hydrogen-bond acceptors (Lipinski definition) is 4. The lowest BCUT2D eigenvalue weighted by Gasteiger charge is -2.10. The van der Waals surface area contributed by atoms with Crippen LogP contribution in [0.3, 0.4) is 0 Å². The molecule has 1 aromatic heterocycles. The van der Waals surface area contributed by atoms with Gasteiger partial charge in [0.2, 0.25) is 5.88 Å². The Morgan fingerprint density at radius 2 is 2.11 bits per heavy atom. The van der Waals surface area contributed by atoms with E-state index in [0.29, 0.717) is 0 Å². The van der Waals surface area contributed by atoms with Gasteiger partial charge in [-0.25, -0.2) is 4.98 Å². The van der Waals surface area contributed by atoms with Crippen LogP contribution in [-0.2, 0) is 6.42 Å². The lowest BCUT2D eigenvalue weighted by atomic mass is 10.3. The first kappa shape index (κ1) is 14.1. The first-order valence-corrected chi connectivity index (χ1v) is 7.56. The average Bonchev–Trinajstić information content (AvgIpc) is 3.21. The Morgan fingerprint density at radius 3 is 2.79 bits per heavy atom. The minimum atomic E-state index is 0.720. The van der Waals surface area contributed by atoms with Crippen LogP contribution in [0.2, 0.25) is 0 Å². The van der Waals surface area contributed by atoms with Gasteiger partial charge in [0, 0.05) is 19.0 Å². The molecule has 1 aliphatic carbocycles. The number of rotatable bonds is 9. The normalized spacial score (nSPS) is 14.4. The molecule has 106 valence electrons. The summed E-state index contributed by atoms with van der Waals surface area (Å²) >= 11 is 0. The maximum Gasteiger partial charge on any atom is 0.218 e. The second-order valence-corrected chi connectivity index (χ2v) is 5.26. The van der Waals surface area contributed by atoms with E-state index in [1.165, 1.54) is 12.8 Å². The molecule has 1 saturated carbocycles. The molecule has 0 amide bonds. The standard InChI is InChI=1S/C15H25N3O/c1-3-5-13-17-14(16-9-4-2)11-15(18-13)19-10-8-12-6-7-12/h11-12H,3-10H2,1-2H3,(H,16,17,18). The molecule has 0 unspecified atom stereocenters. The first-order chi connectivity index (χ1) is 9.31. The summed E-state index contributed by atoms with van der Waals surface area (Å²) in [6.07, 6.45) is 6.95. The summed E-state index contributed by atoms with van der Waals surface area (Å²) in [7, 11) is 0. The van der Waals surface area contributed by atoms with E-state index in [9.17, 15) is 0 Å². The summed E-state index contributed by atoms with van der Waals surface area (Å²) in [5.74, 6) is 3.39. The van der Waals surface area contributed by atoms with Crippen molar-refractivity contribution in [1.82, 2.24) is 9.97 Å². The fourth-order valence-corrected chi connectivity index (χ4v) is 1.96. The predicted molar refractivity (Wildman–Crippen MR) is 77.6 cm³/mol. The van der Waals surface area contributed by atoms with Gasteiger partial charge in [-0.1, -0.05) is 26.7 Å². The molecule has 0 saturated heterocycles. The Labute approximate surface area is 116 Å². The van der Waals surface area contributed by atoms with Crippen molar-refractivity contribution < 1.29 is 4.74 Å². The summed E-state index contributed by atoms with van der Waals surface area (Å²) in [6, 6.07) is 1.92. The molecule has 4 heteroatoms. The molecule has 0 atom stereocenters. The van der Waals surface area contributed by atoms with E-state index in [4.69, 9.17) is 4.74 Å². The number of ether oxygens (including phenoxy) is 1. The Kier molecular flexibility index (Phi) is 5.43. The van der Waals surface area contributed by atoms with Crippen LogP contribution in [-0.4, -0.2) is 23.1 Å². The van der Waals surface area contributed by atoms with Gasteiger partial charge in [-0.2, -0.15) is 4.98 Å². The number of aryl methyl sites for hydroxylation is 1. The highest BCUT2D eigenvalue weighted by molar-refractivity contribution is 5.38. The fourth-order valence-electron chi connectivity index (χ4n) is 1.96. The van der Waals surface area contributed by atoms with Crippen molar-refractivity contribution in [2.75, 3.05) is 18.5 Å². The Bertz CT molecular complexity index is 391. The van der Waals surface area contributed by atoms with Gasteiger partial charge in [0.1, 0.15) is 11.6 Å². The minimum Gasteiger partial charge on any atom is -0.478 e. The van der Waals surface area contributed by atoms with Crippen LogP contribution in [0.25, 0.3) is 0 Å². The van der Waals surface area contributed by atoms with Gasteiger partial charge < -0.3 is 10.1 Å². The molecule has 2 rings (SSSR count). The molecule has 19 heavy (non-hydrogen) atoms. The van der Waals surface area contributed by atoms with Crippen molar-refractivity contribution in [3.8, 4) is 5.88 Å². The van der Waals surface area contributed by atoms with E-state index in [1.807, 2.05) is 6.07 Å². The molecule has 1 aliphatic rings. The highest BCUT2D eigenvalue weighted by Gasteiger charge is 2.20. The fraction of sp³-hybridized carbons (Fsp3) is 0.733. The summed E-state index contributed by atoms with van der Waals surface area (Å²) in [6.45, 7) is 6.00. The zero-order chi connectivity index (χ0) is 13.5. The van der Waals surface area contributed by atoms with Crippen molar-refractivity contribution >= 4 is 5.82 Å². The molecule has 0 aliphatic heterocycles. The Morgan fingerprint density at radius 1 is 1.26 bits per heavy atom. The number of aromatic nitrogens is 2. The van der Waals surface area contributed by atoms with Crippen LogP contribution >= 0.6 is 0 Å². The van der Waals surface area contributed by atoms with E-state index in [1.54, 1.807) is 0 Å². The third-order valence-electron chi connectivity index (χ3n) is 3.25. The van der Waals surface area contributed by atoms with Gasteiger partial charge in [0.15, 0.2) is 0 Å². The van der Waals surface area contributed by atoms with Crippen molar-refractivity contribution in [3.63, 3.8) is 0 Å². The van der Waals surface area contributed by atoms with Gasteiger partial charge in [-0.15, -0.1) is 0 Å². The Hall–Kier alpha value is -1.32. The van der Waals surface area contributed by atoms with Crippen molar-refractivity contribution in [2.24, 2.45) is 5.92 Å². The zero-order valence-corrected chi connectivity index (χ0v) is 12.1. The first-order valence-electron chi connectivity index (χ1n) is 7.56. The third-order valence-corrected chi connectivity index (χ3v) is 3.25. The maximum atomic E-state index is 5.77. The van der Waals surface area contributed by atoms with Crippen LogP contribution in [0, 0.1) is 5.92 Å². The van der Waals surface area contributed by atoms with Crippen molar-refractivity contribution in [1.29, 1.82) is 0 Å². The zero-order valence-electron chi connectivity index (χ0n) is 12.1. The van der Waals surface area contributed by atoms with E-state index in [0.717, 1.165) is 62.3 Å². The quantitative estimate of drug-likeness (QED) is 0.741. The maximum absolute atomic E-state index is 5.77. The SMILES string of the molecule is CCCNc1cc(OCCC2CC2)nc(CCC)n1. The highest BCUT2D eigenvalue weighted by atomic mass is 16.5. The smallest absolute Gasteiger partial charge is 0.218 e. The van der Waals surface area contributed by atoms with Gasteiger partial charge in [0.05, 0.1) is 6.61 Å². The molecule has 0 bridgehead atoms. The largest absolute Gasteiger partial charge is 0.478 e. The minimum absolute atomic E-state index is 0.720. The molecule has 1 N–H and O–H groups in total. The van der Waals surface area contributed by atoms with Gasteiger partial charge in [-0.3, -0.25) is 0 Å². The van der Waals surface area contributed by atoms with Gasteiger partial charge in [-0.05, 0) is 25.2 Å². The average molecular weight is 263 g/mol. The van der Waals surface area contributed by atoms with Gasteiger partial charge in [0.25, 0.3) is 0 Å². The Balaban J connectivity index is 1.94. The molecule has 1 fully saturated rings. The van der Waals surface area contributed by atoms with E-state index < -0.39 is 0 Å². The molecule has 0 spiro atoms. The number of anilines is 1. The number of nitrogens with zero attached hydrogens (tertiary/aromatic N) is 2. The lowest BCUT2D eigenvalue weighted by molar-refractivity contribution is 0.290. The predicted octanol–water partition coefficient (Wildman–Crippen LogP) is 3.43. The summed E-state index contributed by atoms with van der Waals surface area (Å²) < 4.78 is 5.77. The summed E-state index contributed by atoms with van der Waals surface area (Å²) in [5.41, 5.74) is 0. The monoisotopic (exact) mass is 263 g/mol. The highest BCUT2D eigenvalue weighted by Crippen LogP contribution is 2.32. The van der Waals surface area contributed by atoms with Gasteiger partial charge >= 0.3 is 0 Å². The molecular formula is C15H25N3O. The number of nitrogens with one attached hydrogen (secondary N) is 1. The summed E-state index contributed by atoms with van der Waals surface area (Å²) in [4.78, 5) is 8.99. The lowest BCUT2D eigenvalue weighted by Crippen LogP contribution is -2.08. The second-order valence-electron chi connectivity index (χ2n) is 5.26. The van der Waals surface area contributed by atoms with Crippen LogP contribution < -0.4 is 10.1 Å². The topological polar surface area (TPSA) is 47.0 Å². The number of hydrogen-bond donors (Lipinski definition) is 1. The third kappa shape index (κ3) is 5.05. The molecule has 0 aromatic carbocycles. The van der Waals surface area contributed by atoms with Crippen LogP contribution in [0.1, 0.15) is 51.8 Å². The molecule has 0 radical (unpaired) electrons. The van der Waals surface area contributed by atoms with Crippen molar-refractivity contribution in [3.05, 3.63) is 11.9 Å². The van der Waals surface area contributed by atoms with Crippen LogP contribution in [0.4, 0.5) is 5.82 Å². The van der Waals surface area contributed by atoms with Crippen LogP contribution in [0.15, 0.2) is 6.07 Å². The van der Waals surface area contributed by atoms with E-state index in [2.05, 4.69) is 29.1 Å². The second kappa shape index (κ2) is 7.31. The summed E-state index contributed by atoms with van der Waals surface area (Å²) in [5, 5.41) is 3.31. The molecule has 1 heterocycles. The molecule has 1 aromatic rings. The molecular weight excluding hydrogens is 238 g/mol. The molecule has 4 nitrogen and oxygen atoms in total. The van der Waals surface area contributed by atoms with Crippen molar-refractivity contribution in [2.45, 2.75) is 52.4 Å². The van der Waals surface area contributed by atoms with Crippen LogP contribution in [0.5, 0.6) is 5.88 Å². The van der Waals surface area contributed by atoms with E-state index >= 15 is 0 Å². The van der Waals surface area contributed by atoms with E-state index in [-0.39, 0.29) is 0 Å².